The van der Waals surface area contributed by atoms with Crippen LogP contribution in [0.1, 0.15) is 15.9 Å². The van der Waals surface area contributed by atoms with Gasteiger partial charge in [-0.15, -0.1) is 0 Å². The first-order chi connectivity index (χ1) is 9.99. The number of nitrogens with two attached hydrogens (primary N) is 1. The molecule has 0 heterocycles. The van der Waals surface area contributed by atoms with Gasteiger partial charge in [-0.05, 0) is 43.4 Å². The number of nitrogens with one attached hydrogen (secondary N) is 1. The second-order valence-electron chi connectivity index (χ2n) is 4.43. The van der Waals surface area contributed by atoms with E-state index in [-0.39, 0.29) is 11.0 Å². The number of thiocarbonyl (C=S) groups is 1. The van der Waals surface area contributed by atoms with Gasteiger partial charge in [0, 0.05) is 0 Å². The van der Waals surface area contributed by atoms with Crippen LogP contribution < -0.4 is 16.2 Å². The molecule has 0 aliphatic heterocycles. The first-order valence-electron chi connectivity index (χ1n) is 6.21. The van der Waals surface area contributed by atoms with Crippen molar-refractivity contribution in [1.82, 2.24) is 5.43 Å². The lowest BCUT2D eigenvalue weighted by Gasteiger charge is -2.23. The molecule has 0 aliphatic carbocycles. The molecule has 0 aliphatic rings. The van der Waals surface area contributed by atoms with Crippen molar-refractivity contribution in [3.63, 3.8) is 0 Å². The van der Waals surface area contributed by atoms with Crippen LogP contribution in [0.4, 0.5) is 5.69 Å². The Labute approximate surface area is 133 Å². The van der Waals surface area contributed by atoms with Gasteiger partial charge in [-0.3, -0.25) is 10.2 Å². The molecule has 6 heteroatoms. The first kappa shape index (κ1) is 15.3. The molecular weight excluding hydrogens is 306 g/mol. The molecule has 0 spiro atoms. The highest BCUT2D eigenvalue weighted by molar-refractivity contribution is 7.80. The smallest absolute Gasteiger partial charge is 0.271 e. The van der Waals surface area contributed by atoms with Crippen molar-refractivity contribution in [2.24, 2.45) is 5.73 Å². The largest absolute Gasteiger partial charge is 0.374 e. The molecule has 0 saturated carbocycles. The minimum atomic E-state index is -0.381. The fourth-order valence-corrected chi connectivity index (χ4v) is 2.12. The lowest BCUT2D eigenvalue weighted by molar-refractivity contribution is 0.0955. The molecule has 21 heavy (non-hydrogen) atoms. The number of halogens is 1. The molecule has 2 rings (SSSR count). The molecule has 4 nitrogen and oxygen atoms in total. The molecule has 3 N–H and O–H groups in total. The second kappa shape index (κ2) is 6.56. The predicted octanol–water partition coefficient (Wildman–Crippen LogP) is 3.04. The number of rotatable bonds is 2. The third kappa shape index (κ3) is 3.71. The Morgan fingerprint density at radius 1 is 1.19 bits per heavy atom. The number of carbonyl (C=O) groups excluding carboxylic acids is 1. The van der Waals surface area contributed by atoms with Gasteiger partial charge in [0.15, 0.2) is 5.11 Å². The van der Waals surface area contributed by atoms with E-state index < -0.39 is 0 Å². The van der Waals surface area contributed by atoms with Gasteiger partial charge in [-0.25, -0.2) is 5.01 Å². The Kier molecular flexibility index (Phi) is 4.77. The fourth-order valence-electron chi connectivity index (χ4n) is 1.75. The highest BCUT2D eigenvalue weighted by Gasteiger charge is 2.16. The summed E-state index contributed by atoms with van der Waals surface area (Å²) in [6, 6.07) is 14.2. The Balaban J connectivity index is 2.25. The van der Waals surface area contributed by atoms with E-state index in [0.29, 0.717) is 16.3 Å². The summed E-state index contributed by atoms with van der Waals surface area (Å²) in [7, 11) is 0. The SMILES string of the molecule is Cc1ccc(N(NC(=O)c2ccccc2Cl)C(N)=S)cc1. The van der Waals surface area contributed by atoms with E-state index in [4.69, 9.17) is 29.6 Å². The number of hydrazine groups is 1. The maximum Gasteiger partial charge on any atom is 0.271 e. The van der Waals surface area contributed by atoms with Crippen molar-refractivity contribution < 1.29 is 4.79 Å². The molecule has 2 aromatic rings. The number of hydrogen-bond acceptors (Lipinski definition) is 2. The topological polar surface area (TPSA) is 58.4 Å². The van der Waals surface area contributed by atoms with Crippen molar-refractivity contribution in [3.8, 4) is 0 Å². The van der Waals surface area contributed by atoms with E-state index in [1.54, 1.807) is 24.3 Å². The average Bonchev–Trinajstić information content (AvgIpc) is 2.46. The summed E-state index contributed by atoms with van der Waals surface area (Å²) >= 11 is 11.0. The Hall–Kier alpha value is -2.11. The van der Waals surface area contributed by atoms with Crippen molar-refractivity contribution in [2.75, 3.05) is 5.01 Å². The number of amides is 1. The minimum absolute atomic E-state index is 0.0410. The van der Waals surface area contributed by atoms with Crippen LogP contribution >= 0.6 is 23.8 Å². The van der Waals surface area contributed by atoms with E-state index in [9.17, 15) is 4.79 Å². The molecule has 0 unspecified atom stereocenters. The second-order valence-corrected chi connectivity index (χ2v) is 5.26. The summed E-state index contributed by atoms with van der Waals surface area (Å²) in [5.74, 6) is -0.381. The zero-order valence-electron chi connectivity index (χ0n) is 11.3. The van der Waals surface area contributed by atoms with Crippen molar-refractivity contribution in [3.05, 3.63) is 64.7 Å². The van der Waals surface area contributed by atoms with Gasteiger partial charge in [0.05, 0.1) is 16.3 Å². The number of nitrogens with zero attached hydrogens (tertiary/aromatic N) is 1. The normalized spacial score (nSPS) is 10.0. The number of anilines is 1. The van der Waals surface area contributed by atoms with Crippen LogP contribution in [-0.4, -0.2) is 11.0 Å². The molecule has 2 aromatic carbocycles. The first-order valence-corrected chi connectivity index (χ1v) is 6.99. The van der Waals surface area contributed by atoms with E-state index >= 15 is 0 Å². The van der Waals surface area contributed by atoms with Gasteiger partial charge in [-0.2, -0.15) is 0 Å². The maximum absolute atomic E-state index is 12.3. The van der Waals surface area contributed by atoms with E-state index in [0.717, 1.165) is 5.56 Å². The van der Waals surface area contributed by atoms with Gasteiger partial charge in [0.2, 0.25) is 0 Å². The van der Waals surface area contributed by atoms with Crippen LogP contribution in [0.2, 0.25) is 5.02 Å². The standard InChI is InChI=1S/C15H14ClN3OS/c1-10-6-8-11(9-7-10)19(15(17)21)18-14(20)12-4-2-3-5-13(12)16/h2-9H,1H3,(H2,17,21)(H,18,20). The van der Waals surface area contributed by atoms with E-state index in [1.165, 1.54) is 5.01 Å². The monoisotopic (exact) mass is 319 g/mol. The fraction of sp³-hybridized carbons (Fsp3) is 0.0667. The number of benzene rings is 2. The molecule has 108 valence electrons. The quantitative estimate of drug-likeness (QED) is 0.660. The highest BCUT2D eigenvalue weighted by atomic mass is 35.5. The Morgan fingerprint density at radius 3 is 2.38 bits per heavy atom. The minimum Gasteiger partial charge on any atom is -0.374 e. The molecule has 0 atom stereocenters. The third-order valence-corrected chi connectivity index (χ3v) is 3.36. The lowest BCUT2D eigenvalue weighted by atomic mass is 10.2. The molecule has 0 fully saturated rings. The van der Waals surface area contributed by atoms with Gasteiger partial charge < -0.3 is 5.73 Å². The van der Waals surface area contributed by atoms with Crippen LogP contribution in [0, 0.1) is 6.92 Å². The van der Waals surface area contributed by atoms with Crippen molar-refractivity contribution in [1.29, 1.82) is 0 Å². The van der Waals surface area contributed by atoms with Crippen molar-refractivity contribution >= 4 is 40.5 Å². The molecule has 0 radical (unpaired) electrons. The Morgan fingerprint density at radius 2 is 1.81 bits per heavy atom. The molecule has 0 aromatic heterocycles. The summed E-state index contributed by atoms with van der Waals surface area (Å²) in [6.07, 6.45) is 0. The van der Waals surface area contributed by atoms with Crippen LogP contribution in [0.5, 0.6) is 0 Å². The molecule has 0 bridgehead atoms. The number of carbonyl (C=O) groups is 1. The third-order valence-electron chi connectivity index (χ3n) is 2.84. The highest BCUT2D eigenvalue weighted by Crippen LogP contribution is 2.17. The summed E-state index contributed by atoms with van der Waals surface area (Å²) in [5.41, 5.74) is 10.5. The zero-order chi connectivity index (χ0) is 15.4. The summed E-state index contributed by atoms with van der Waals surface area (Å²) in [6.45, 7) is 1.97. The maximum atomic E-state index is 12.3. The van der Waals surface area contributed by atoms with Gasteiger partial charge in [-0.1, -0.05) is 41.4 Å². The van der Waals surface area contributed by atoms with Gasteiger partial charge in [0.25, 0.3) is 5.91 Å². The lowest BCUT2D eigenvalue weighted by Crippen LogP contribution is -2.49. The molecule has 0 saturated heterocycles. The van der Waals surface area contributed by atoms with Crippen LogP contribution in [0.15, 0.2) is 48.5 Å². The zero-order valence-corrected chi connectivity index (χ0v) is 12.9. The van der Waals surface area contributed by atoms with Gasteiger partial charge >= 0.3 is 0 Å². The number of aryl methyl sites for hydroxylation is 1. The number of hydrogen-bond donors (Lipinski definition) is 2. The van der Waals surface area contributed by atoms with E-state index in [2.05, 4.69) is 5.43 Å². The molecular formula is C15H14ClN3OS. The summed E-state index contributed by atoms with van der Waals surface area (Å²) < 4.78 is 0. The van der Waals surface area contributed by atoms with Crippen LogP contribution in [0.25, 0.3) is 0 Å². The van der Waals surface area contributed by atoms with Crippen LogP contribution in [0.3, 0.4) is 0 Å². The molecule has 1 amide bonds. The van der Waals surface area contributed by atoms with Gasteiger partial charge in [0.1, 0.15) is 0 Å². The summed E-state index contributed by atoms with van der Waals surface area (Å²) in [5, 5.41) is 1.75. The Bertz CT molecular complexity index is 673. The average molecular weight is 320 g/mol. The van der Waals surface area contributed by atoms with E-state index in [1.807, 2.05) is 31.2 Å². The van der Waals surface area contributed by atoms with Crippen molar-refractivity contribution in [2.45, 2.75) is 6.92 Å². The van der Waals surface area contributed by atoms with Crippen LogP contribution in [-0.2, 0) is 0 Å². The predicted molar refractivity (Wildman–Crippen MR) is 89.4 cm³/mol. The summed E-state index contributed by atoms with van der Waals surface area (Å²) in [4.78, 5) is 12.3.